The van der Waals surface area contributed by atoms with Gasteiger partial charge in [0.15, 0.2) is 0 Å². The lowest BCUT2D eigenvalue weighted by Crippen LogP contribution is -2.37. The average Bonchev–Trinajstić information content (AvgIpc) is 3.32. The zero-order chi connectivity index (χ0) is 17.0. The van der Waals surface area contributed by atoms with Crippen LogP contribution < -0.4 is 5.32 Å². The van der Waals surface area contributed by atoms with Crippen molar-refractivity contribution in [2.45, 2.75) is 44.1 Å². The van der Waals surface area contributed by atoms with E-state index in [1.54, 1.807) is 35.7 Å². The van der Waals surface area contributed by atoms with Crippen molar-refractivity contribution in [1.82, 2.24) is 5.32 Å². The molecule has 1 atom stereocenters. The molecule has 1 amide bonds. The summed E-state index contributed by atoms with van der Waals surface area (Å²) in [5, 5.41) is 16.9. The van der Waals surface area contributed by atoms with Gasteiger partial charge < -0.3 is 10.4 Å². The molecule has 0 bridgehead atoms. The summed E-state index contributed by atoms with van der Waals surface area (Å²) in [5.74, 6) is -0.0419. The highest BCUT2D eigenvalue weighted by Gasteiger charge is 2.37. The summed E-state index contributed by atoms with van der Waals surface area (Å²) < 4.78 is 0. The maximum absolute atomic E-state index is 12.2. The Kier molecular flexibility index (Phi) is 5.54. The van der Waals surface area contributed by atoms with Crippen molar-refractivity contribution in [1.29, 1.82) is 0 Å². The van der Waals surface area contributed by atoms with Gasteiger partial charge in [-0.2, -0.15) is 11.3 Å². The van der Waals surface area contributed by atoms with Gasteiger partial charge in [0, 0.05) is 27.8 Å². The Balaban J connectivity index is 1.66. The number of rotatable bonds is 6. The van der Waals surface area contributed by atoms with Crippen molar-refractivity contribution < 1.29 is 9.90 Å². The van der Waals surface area contributed by atoms with Crippen LogP contribution in [0, 0.1) is 0 Å². The minimum absolute atomic E-state index is 0.0314. The fourth-order valence-electron chi connectivity index (χ4n) is 3.28. The van der Waals surface area contributed by atoms with Crippen LogP contribution in [0.4, 0.5) is 0 Å². The summed E-state index contributed by atoms with van der Waals surface area (Å²) in [4.78, 5) is 14.4. The molecular formula is C19H23NO2S2. The van der Waals surface area contributed by atoms with Gasteiger partial charge in [-0.05, 0) is 60.4 Å². The van der Waals surface area contributed by atoms with Gasteiger partial charge in [-0.15, -0.1) is 11.3 Å². The highest BCUT2D eigenvalue weighted by Crippen LogP contribution is 2.44. The number of aliphatic hydroxyl groups excluding tert-OH is 1. The van der Waals surface area contributed by atoms with Crippen LogP contribution in [0.5, 0.6) is 0 Å². The number of nitrogens with one attached hydrogen (secondary N) is 1. The van der Waals surface area contributed by atoms with E-state index in [1.807, 2.05) is 29.0 Å². The predicted octanol–water partition coefficient (Wildman–Crippen LogP) is 4.50. The van der Waals surface area contributed by atoms with Gasteiger partial charge >= 0.3 is 0 Å². The molecule has 1 aliphatic carbocycles. The number of thiophene rings is 2. The number of carbonyl (C=O) groups is 1. The van der Waals surface area contributed by atoms with Crippen LogP contribution in [0.3, 0.4) is 0 Å². The third kappa shape index (κ3) is 3.97. The Labute approximate surface area is 151 Å². The van der Waals surface area contributed by atoms with E-state index >= 15 is 0 Å². The summed E-state index contributed by atoms with van der Waals surface area (Å²) in [6.45, 7) is 2.47. The molecule has 2 aromatic rings. The fourth-order valence-corrected chi connectivity index (χ4v) is 5.10. The van der Waals surface area contributed by atoms with Crippen molar-refractivity contribution in [3.8, 4) is 0 Å². The van der Waals surface area contributed by atoms with Gasteiger partial charge in [0.1, 0.15) is 0 Å². The summed E-state index contributed by atoms with van der Waals surface area (Å²) in [6.07, 6.45) is 7.63. The molecule has 1 saturated carbocycles. The molecule has 0 spiro atoms. The zero-order valence-corrected chi connectivity index (χ0v) is 15.5. The highest BCUT2D eigenvalue weighted by molar-refractivity contribution is 7.12. The SMILES string of the molecule is C[C@H](O)c1ccc(C2(CNC(=O)/C=C/c3ccsc3)CCCC2)s1. The predicted molar refractivity (Wildman–Crippen MR) is 101 cm³/mol. The summed E-state index contributed by atoms with van der Waals surface area (Å²) in [7, 11) is 0. The molecule has 3 rings (SSSR count). The normalized spacial score (nSPS) is 18.1. The van der Waals surface area contributed by atoms with E-state index < -0.39 is 6.10 Å². The Morgan fingerprint density at radius 3 is 2.79 bits per heavy atom. The summed E-state index contributed by atoms with van der Waals surface area (Å²) >= 11 is 3.31. The Morgan fingerprint density at radius 1 is 1.38 bits per heavy atom. The van der Waals surface area contributed by atoms with Gasteiger partial charge in [-0.25, -0.2) is 0 Å². The topological polar surface area (TPSA) is 49.3 Å². The fraction of sp³-hybridized carbons (Fsp3) is 0.421. The van der Waals surface area contributed by atoms with Crippen molar-refractivity contribution >= 4 is 34.7 Å². The largest absolute Gasteiger partial charge is 0.388 e. The molecule has 0 aliphatic heterocycles. The van der Waals surface area contributed by atoms with E-state index in [9.17, 15) is 9.90 Å². The summed E-state index contributed by atoms with van der Waals surface area (Å²) in [6, 6.07) is 6.14. The van der Waals surface area contributed by atoms with Gasteiger partial charge in [-0.3, -0.25) is 4.79 Å². The van der Waals surface area contributed by atoms with Crippen LogP contribution in [0.1, 0.15) is 54.0 Å². The van der Waals surface area contributed by atoms with E-state index in [0.29, 0.717) is 6.54 Å². The molecule has 0 aromatic carbocycles. The molecule has 2 heterocycles. The molecule has 0 saturated heterocycles. The van der Waals surface area contributed by atoms with Gasteiger partial charge in [0.25, 0.3) is 0 Å². The van der Waals surface area contributed by atoms with Crippen LogP contribution in [-0.4, -0.2) is 17.6 Å². The van der Waals surface area contributed by atoms with Crippen molar-refractivity contribution in [2.24, 2.45) is 0 Å². The molecule has 5 heteroatoms. The Hall–Kier alpha value is -1.43. The third-order valence-corrected chi connectivity index (χ3v) is 6.90. The lowest BCUT2D eigenvalue weighted by Gasteiger charge is -2.28. The van der Waals surface area contributed by atoms with E-state index in [0.717, 1.165) is 23.3 Å². The average molecular weight is 362 g/mol. The van der Waals surface area contributed by atoms with Crippen molar-refractivity contribution in [3.05, 3.63) is 50.4 Å². The molecule has 2 N–H and O–H groups in total. The van der Waals surface area contributed by atoms with Crippen molar-refractivity contribution in [3.63, 3.8) is 0 Å². The zero-order valence-electron chi connectivity index (χ0n) is 13.8. The smallest absolute Gasteiger partial charge is 0.244 e. The second-order valence-electron chi connectivity index (χ2n) is 6.47. The Morgan fingerprint density at radius 2 is 2.17 bits per heavy atom. The van der Waals surface area contributed by atoms with E-state index in [2.05, 4.69) is 11.4 Å². The van der Waals surface area contributed by atoms with Crippen LogP contribution in [0.15, 0.2) is 35.0 Å². The quantitative estimate of drug-likeness (QED) is 0.744. The monoisotopic (exact) mass is 361 g/mol. The molecule has 0 radical (unpaired) electrons. The van der Waals surface area contributed by atoms with Crippen LogP contribution in [-0.2, 0) is 10.2 Å². The maximum atomic E-state index is 12.2. The number of hydrogen-bond acceptors (Lipinski definition) is 4. The number of hydrogen-bond donors (Lipinski definition) is 2. The second kappa shape index (κ2) is 7.64. The van der Waals surface area contributed by atoms with Crippen LogP contribution in [0.2, 0.25) is 0 Å². The number of carbonyl (C=O) groups excluding carboxylic acids is 1. The van der Waals surface area contributed by atoms with Gasteiger partial charge in [-0.1, -0.05) is 12.8 Å². The molecule has 128 valence electrons. The first-order valence-electron chi connectivity index (χ1n) is 8.35. The first-order chi connectivity index (χ1) is 11.6. The molecule has 3 nitrogen and oxygen atoms in total. The third-order valence-electron chi connectivity index (χ3n) is 4.69. The van der Waals surface area contributed by atoms with E-state index in [4.69, 9.17) is 0 Å². The maximum Gasteiger partial charge on any atom is 0.244 e. The molecule has 2 aromatic heterocycles. The van der Waals surface area contributed by atoms with Gasteiger partial charge in [0.2, 0.25) is 5.91 Å². The van der Waals surface area contributed by atoms with E-state index in [-0.39, 0.29) is 11.3 Å². The molecule has 24 heavy (non-hydrogen) atoms. The Bertz CT molecular complexity index is 695. The first-order valence-corrected chi connectivity index (χ1v) is 10.1. The lowest BCUT2D eigenvalue weighted by molar-refractivity contribution is -0.116. The van der Waals surface area contributed by atoms with Gasteiger partial charge in [0.05, 0.1) is 6.10 Å². The molecule has 1 fully saturated rings. The highest BCUT2D eigenvalue weighted by atomic mass is 32.1. The minimum atomic E-state index is -0.426. The van der Waals surface area contributed by atoms with E-state index in [1.165, 1.54) is 17.7 Å². The van der Waals surface area contributed by atoms with Crippen molar-refractivity contribution in [2.75, 3.05) is 6.54 Å². The number of aliphatic hydroxyl groups is 1. The summed E-state index contributed by atoms with van der Waals surface area (Å²) in [5.41, 5.74) is 1.09. The molecule has 0 unspecified atom stereocenters. The minimum Gasteiger partial charge on any atom is -0.388 e. The second-order valence-corrected chi connectivity index (χ2v) is 8.37. The first kappa shape index (κ1) is 17.4. The lowest BCUT2D eigenvalue weighted by atomic mass is 9.84. The standard InChI is InChI=1S/C19H23NO2S2/c1-14(21)16-5-6-17(24-16)19(9-2-3-10-19)13-20-18(22)7-4-15-8-11-23-12-15/h4-8,11-12,14,21H,2-3,9-10,13H2,1H3,(H,20,22)/b7-4+/t14-/m0/s1. The molecular weight excluding hydrogens is 338 g/mol. The van der Waals surface area contributed by atoms with Crippen LogP contribution in [0.25, 0.3) is 6.08 Å². The molecule has 1 aliphatic rings. The number of amides is 1. The van der Waals surface area contributed by atoms with Crippen LogP contribution >= 0.6 is 22.7 Å².